The fraction of sp³-hybridized carbons (Fsp3) is 0.278. The second kappa shape index (κ2) is 6.45. The normalized spacial score (nSPS) is 21.3. The summed E-state index contributed by atoms with van der Waals surface area (Å²) >= 11 is 0. The maximum atomic E-state index is 13.5. The third-order valence-electron chi connectivity index (χ3n) is 4.18. The minimum atomic E-state index is -0.505. The van der Waals surface area contributed by atoms with Gasteiger partial charge in [0.1, 0.15) is 11.6 Å². The molecule has 1 heterocycles. The van der Waals surface area contributed by atoms with E-state index in [9.17, 15) is 13.9 Å². The molecule has 3 rings (SSSR count). The van der Waals surface area contributed by atoms with Crippen LogP contribution in [0, 0.1) is 23.0 Å². The molecule has 0 unspecified atom stereocenters. The average Bonchev–Trinajstić information content (AvgIpc) is 2.89. The highest BCUT2D eigenvalue weighted by molar-refractivity contribution is 5.38. The number of benzene rings is 2. The highest BCUT2D eigenvalue weighted by Gasteiger charge is 2.32. The lowest BCUT2D eigenvalue weighted by Crippen LogP contribution is -2.24. The van der Waals surface area contributed by atoms with E-state index in [4.69, 9.17) is 5.26 Å². The molecule has 0 saturated carbocycles. The Labute approximate surface area is 133 Å². The van der Waals surface area contributed by atoms with Gasteiger partial charge in [-0.3, -0.25) is 4.90 Å². The number of rotatable bonds is 3. The first-order chi connectivity index (χ1) is 11.1. The summed E-state index contributed by atoms with van der Waals surface area (Å²) in [5.41, 5.74) is 1.77. The molecule has 0 amide bonds. The Morgan fingerprint density at radius 2 is 1.96 bits per heavy atom. The summed E-state index contributed by atoms with van der Waals surface area (Å²) in [7, 11) is 0. The Kier molecular flexibility index (Phi) is 4.37. The zero-order chi connectivity index (χ0) is 16.4. The van der Waals surface area contributed by atoms with E-state index in [1.165, 1.54) is 24.3 Å². The molecule has 23 heavy (non-hydrogen) atoms. The van der Waals surface area contributed by atoms with Crippen LogP contribution in [-0.4, -0.2) is 22.7 Å². The Balaban J connectivity index is 1.88. The van der Waals surface area contributed by atoms with Crippen molar-refractivity contribution in [1.82, 2.24) is 4.90 Å². The topological polar surface area (TPSA) is 47.3 Å². The van der Waals surface area contributed by atoms with Crippen molar-refractivity contribution < 1.29 is 13.9 Å². The largest absolute Gasteiger partial charge is 0.392 e. The second-order valence-electron chi connectivity index (χ2n) is 5.80. The monoisotopic (exact) mass is 314 g/mol. The molecule has 0 radical (unpaired) electrons. The number of nitrogens with zero attached hydrogens (tertiary/aromatic N) is 2. The number of aliphatic hydroxyl groups is 1. The third-order valence-corrected chi connectivity index (χ3v) is 4.18. The highest BCUT2D eigenvalue weighted by atomic mass is 19.1. The van der Waals surface area contributed by atoms with Gasteiger partial charge in [0, 0.05) is 19.1 Å². The molecule has 3 nitrogen and oxygen atoms in total. The van der Waals surface area contributed by atoms with Crippen molar-refractivity contribution in [2.75, 3.05) is 6.54 Å². The first kappa shape index (κ1) is 15.6. The van der Waals surface area contributed by atoms with Gasteiger partial charge in [-0.15, -0.1) is 0 Å². The summed E-state index contributed by atoms with van der Waals surface area (Å²) in [6.45, 7) is 0.838. The van der Waals surface area contributed by atoms with Crippen molar-refractivity contribution in [2.45, 2.75) is 25.1 Å². The number of β-amino-alcohol motifs (C(OH)–C–C–N with tert-alkyl or cyclic N) is 1. The van der Waals surface area contributed by atoms with Gasteiger partial charge in [0.15, 0.2) is 0 Å². The zero-order valence-corrected chi connectivity index (χ0v) is 12.4. The van der Waals surface area contributed by atoms with Crippen LogP contribution in [0.4, 0.5) is 8.78 Å². The van der Waals surface area contributed by atoms with Crippen molar-refractivity contribution >= 4 is 0 Å². The van der Waals surface area contributed by atoms with E-state index in [1.807, 2.05) is 17.0 Å². The molecule has 1 saturated heterocycles. The average molecular weight is 314 g/mol. The Morgan fingerprint density at radius 1 is 1.17 bits per heavy atom. The van der Waals surface area contributed by atoms with Crippen molar-refractivity contribution in [2.24, 2.45) is 0 Å². The summed E-state index contributed by atoms with van der Waals surface area (Å²) in [5, 5.41) is 19.1. The minimum absolute atomic E-state index is 0.128. The van der Waals surface area contributed by atoms with E-state index in [0.717, 1.165) is 5.56 Å². The summed E-state index contributed by atoms with van der Waals surface area (Å²) in [6.07, 6.45) is 0.00116. The zero-order valence-electron chi connectivity index (χ0n) is 12.4. The number of aliphatic hydroxyl groups excluding tert-OH is 1. The Hall–Kier alpha value is -2.29. The number of halogens is 2. The molecule has 0 spiro atoms. The first-order valence-corrected chi connectivity index (χ1v) is 7.43. The highest BCUT2D eigenvalue weighted by Crippen LogP contribution is 2.34. The maximum Gasteiger partial charge on any atom is 0.124 e. The van der Waals surface area contributed by atoms with Crippen LogP contribution in [0.15, 0.2) is 42.5 Å². The molecule has 0 aromatic heterocycles. The van der Waals surface area contributed by atoms with Crippen LogP contribution in [0.25, 0.3) is 0 Å². The van der Waals surface area contributed by atoms with Gasteiger partial charge in [0.2, 0.25) is 0 Å². The second-order valence-corrected chi connectivity index (χ2v) is 5.80. The molecule has 2 aromatic carbocycles. The molecule has 1 aliphatic heterocycles. The van der Waals surface area contributed by atoms with Gasteiger partial charge in [-0.05, 0) is 41.8 Å². The summed E-state index contributed by atoms with van der Waals surface area (Å²) in [4.78, 5) is 1.99. The third kappa shape index (κ3) is 3.39. The first-order valence-electron chi connectivity index (χ1n) is 7.43. The standard InChI is InChI=1S/C18H16F2N2O/c19-15-3-1-2-12(6-15)18-8-17(23)11-22(18)10-13-4-5-16(20)7-14(13)9-21/h1-7,17-18,23H,8,10-11H2/t17-,18-/m0/s1. The fourth-order valence-electron chi connectivity index (χ4n) is 3.12. The van der Waals surface area contributed by atoms with Crippen molar-refractivity contribution in [3.05, 3.63) is 70.8 Å². The molecule has 5 heteroatoms. The molecule has 118 valence electrons. The van der Waals surface area contributed by atoms with Gasteiger partial charge in [0.25, 0.3) is 0 Å². The van der Waals surface area contributed by atoms with Crippen LogP contribution in [0.1, 0.15) is 29.2 Å². The van der Waals surface area contributed by atoms with E-state index in [-0.39, 0.29) is 17.4 Å². The number of nitriles is 1. The van der Waals surface area contributed by atoms with E-state index >= 15 is 0 Å². The number of hydrogen-bond donors (Lipinski definition) is 1. The molecule has 2 atom stereocenters. The van der Waals surface area contributed by atoms with Gasteiger partial charge in [-0.1, -0.05) is 18.2 Å². The van der Waals surface area contributed by atoms with Crippen molar-refractivity contribution in [1.29, 1.82) is 5.26 Å². The summed E-state index contributed by atoms with van der Waals surface area (Å²) < 4.78 is 26.7. The quantitative estimate of drug-likeness (QED) is 0.947. The van der Waals surface area contributed by atoms with E-state index in [2.05, 4.69) is 0 Å². The van der Waals surface area contributed by atoms with Crippen molar-refractivity contribution in [3.63, 3.8) is 0 Å². The molecule has 0 bridgehead atoms. The Bertz CT molecular complexity index is 757. The van der Waals surface area contributed by atoms with Gasteiger partial charge in [-0.2, -0.15) is 5.26 Å². The number of hydrogen-bond acceptors (Lipinski definition) is 3. The minimum Gasteiger partial charge on any atom is -0.392 e. The molecule has 0 aliphatic carbocycles. The van der Waals surface area contributed by atoms with E-state index in [0.29, 0.717) is 25.1 Å². The predicted molar refractivity (Wildman–Crippen MR) is 81.3 cm³/mol. The van der Waals surface area contributed by atoms with Crippen LogP contribution in [0.2, 0.25) is 0 Å². The van der Waals surface area contributed by atoms with E-state index < -0.39 is 11.9 Å². The van der Waals surface area contributed by atoms with Crippen LogP contribution in [0.5, 0.6) is 0 Å². The lowest BCUT2D eigenvalue weighted by molar-refractivity contribution is 0.172. The van der Waals surface area contributed by atoms with Crippen LogP contribution >= 0.6 is 0 Å². The Morgan fingerprint density at radius 3 is 2.70 bits per heavy atom. The van der Waals surface area contributed by atoms with Crippen LogP contribution in [-0.2, 0) is 6.54 Å². The predicted octanol–water partition coefficient (Wildman–Crippen LogP) is 3.14. The van der Waals surface area contributed by atoms with Crippen LogP contribution < -0.4 is 0 Å². The van der Waals surface area contributed by atoms with Crippen molar-refractivity contribution in [3.8, 4) is 6.07 Å². The molecular weight excluding hydrogens is 298 g/mol. The molecule has 1 N–H and O–H groups in total. The van der Waals surface area contributed by atoms with E-state index in [1.54, 1.807) is 12.1 Å². The van der Waals surface area contributed by atoms with Gasteiger partial charge < -0.3 is 5.11 Å². The fourth-order valence-corrected chi connectivity index (χ4v) is 3.12. The molecule has 1 fully saturated rings. The van der Waals surface area contributed by atoms with Gasteiger partial charge in [-0.25, -0.2) is 8.78 Å². The molecule has 1 aliphatic rings. The lowest BCUT2D eigenvalue weighted by atomic mass is 10.0. The van der Waals surface area contributed by atoms with Crippen LogP contribution in [0.3, 0.4) is 0 Å². The summed E-state index contributed by atoms with van der Waals surface area (Å²) in [5.74, 6) is -0.767. The van der Waals surface area contributed by atoms with Gasteiger partial charge in [0.05, 0.1) is 17.7 Å². The van der Waals surface area contributed by atoms with Gasteiger partial charge >= 0.3 is 0 Å². The molecular formula is C18H16F2N2O. The molecule has 2 aromatic rings. The smallest absolute Gasteiger partial charge is 0.124 e. The maximum absolute atomic E-state index is 13.5. The SMILES string of the molecule is N#Cc1cc(F)ccc1CN1C[C@@H](O)C[C@H]1c1cccc(F)c1. The lowest BCUT2D eigenvalue weighted by Gasteiger charge is -2.25. The number of likely N-dealkylation sites (tertiary alicyclic amines) is 1. The summed E-state index contributed by atoms with van der Waals surface area (Å²) in [6, 6.07) is 12.3.